The smallest absolute Gasteiger partial charge is 0.255 e. The van der Waals surface area contributed by atoms with E-state index in [1.54, 1.807) is 24.5 Å². The second-order valence-electron chi connectivity index (χ2n) is 5.77. The van der Waals surface area contributed by atoms with Crippen molar-refractivity contribution in [1.29, 1.82) is 0 Å². The van der Waals surface area contributed by atoms with Gasteiger partial charge in [-0.3, -0.25) is 14.6 Å². The molecule has 1 saturated carbocycles. The Morgan fingerprint density at radius 1 is 1.25 bits per heavy atom. The van der Waals surface area contributed by atoms with E-state index in [1.165, 1.54) is 0 Å². The first kappa shape index (κ1) is 13.3. The molecule has 2 unspecified atom stereocenters. The zero-order valence-electron chi connectivity index (χ0n) is 11.6. The van der Waals surface area contributed by atoms with Gasteiger partial charge in [0.05, 0.1) is 5.56 Å². The van der Waals surface area contributed by atoms with Gasteiger partial charge in [0.2, 0.25) is 0 Å². The number of likely N-dealkylation sites (tertiary alicyclic amines) is 1. The van der Waals surface area contributed by atoms with E-state index in [4.69, 9.17) is 0 Å². The maximum atomic E-state index is 12.6. The summed E-state index contributed by atoms with van der Waals surface area (Å²) in [7, 11) is 0. The number of pyridine rings is 1. The predicted octanol–water partition coefficient (Wildman–Crippen LogP) is 2.45. The lowest BCUT2D eigenvalue weighted by Crippen LogP contribution is -2.48. The molecule has 4 nitrogen and oxygen atoms in total. The van der Waals surface area contributed by atoms with Gasteiger partial charge in [0, 0.05) is 37.3 Å². The molecule has 20 heavy (non-hydrogen) atoms. The van der Waals surface area contributed by atoms with Gasteiger partial charge in [-0.1, -0.05) is 0 Å². The number of rotatable bonds is 2. The Morgan fingerprint density at radius 2 is 2.15 bits per heavy atom. The van der Waals surface area contributed by atoms with Crippen molar-refractivity contribution in [2.24, 2.45) is 5.92 Å². The monoisotopic (exact) mass is 272 g/mol. The number of carbonyl (C=O) groups excluding carboxylic acids is 2. The van der Waals surface area contributed by atoms with Gasteiger partial charge in [-0.25, -0.2) is 0 Å². The van der Waals surface area contributed by atoms with E-state index in [0.717, 1.165) is 38.6 Å². The van der Waals surface area contributed by atoms with Gasteiger partial charge in [-0.05, 0) is 44.2 Å². The molecule has 0 N–H and O–H groups in total. The van der Waals surface area contributed by atoms with E-state index < -0.39 is 0 Å². The van der Waals surface area contributed by atoms with Crippen LogP contribution in [0.2, 0.25) is 0 Å². The van der Waals surface area contributed by atoms with Gasteiger partial charge in [-0.2, -0.15) is 0 Å². The molecule has 1 saturated heterocycles. The number of piperidine rings is 1. The summed E-state index contributed by atoms with van der Waals surface area (Å²) in [5.41, 5.74) is 0.629. The van der Waals surface area contributed by atoms with E-state index in [-0.39, 0.29) is 17.9 Å². The zero-order valence-corrected chi connectivity index (χ0v) is 11.6. The van der Waals surface area contributed by atoms with Gasteiger partial charge < -0.3 is 4.90 Å². The van der Waals surface area contributed by atoms with Crippen LogP contribution in [0.4, 0.5) is 0 Å². The van der Waals surface area contributed by atoms with E-state index >= 15 is 0 Å². The third-order valence-corrected chi connectivity index (χ3v) is 4.53. The van der Waals surface area contributed by atoms with Gasteiger partial charge in [0.1, 0.15) is 5.78 Å². The molecule has 1 aromatic rings. The maximum absolute atomic E-state index is 12.6. The zero-order chi connectivity index (χ0) is 13.9. The van der Waals surface area contributed by atoms with Crippen molar-refractivity contribution >= 4 is 11.7 Å². The summed E-state index contributed by atoms with van der Waals surface area (Å²) >= 11 is 0. The fraction of sp³-hybridized carbons (Fsp3) is 0.562. The number of amides is 1. The third-order valence-electron chi connectivity index (χ3n) is 4.53. The predicted molar refractivity (Wildman–Crippen MR) is 75.3 cm³/mol. The van der Waals surface area contributed by atoms with E-state index in [9.17, 15) is 9.59 Å². The molecule has 1 aromatic heterocycles. The lowest BCUT2D eigenvalue weighted by molar-refractivity contribution is -0.122. The highest BCUT2D eigenvalue weighted by Crippen LogP contribution is 2.33. The van der Waals surface area contributed by atoms with E-state index in [2.05, 4.69) is 4.98 Å². The lowest BCUT2D eigenvalue weighted by atomic mass is 9.88. The summed E-state index contributed by atoms with van der Waals surface area (Å²) < 4.78 is 0. The van der Waals surface area contributed by atoms with Crippen molar-refractivity contribution in [3.63, 3.8) is 0 Å². The minimum absolute atomic E-state index is 0.0301. The fourth-order valence-electron chi connectivity index (χ4n) is 3.53. The van der Waals surface area contributed by atoms with Gasteiger partial charge in [0.25, 0.3) is 5.91 Å². The molecular weight excluding hydrogens is 252 g/mol. The van der Waals surface area contributed by atoms with Crippen LogP contribution >= 0.6 is 0 Å². The molecule has 0 bridgehead atoms. The van der Waals surface area contributed by atoms with Gasteiger partial charge >= 0.3 is 0 Å². The van der Waals surface area contributed by atoms with Crippen molar-refractivity contribution in [3.8, 4) is 0 Å². The molecule has 4 heteroatoms. The van der Waals surface area contributed by atoms with Crippen molar-refractivity contribution in [2.45, 2.75) is 44.6 Å². The number of carbonyl (C=O) groups is 2. The summed E-state index contributed by atoms with van der Waals surface area (Å²) in [6.07, 6.45) is 9.01. The summed E-state index contributed by atoms with van der Waals surface area (Å²) in [6.45, 7) is 0.766. The maximum Gasteiger partial charge on any atom is 0.255 e. The molecule has 2 atom stereocenters. The van der Waals surface area contributed by atoms with Crippen LogP contribution in [0.3, 0.4) is 0 Å². The molecule has 1 amide bonds. The largest absolute Gasteiger partial charge is 0.335 e. The normalized spacial score (nSPS) is 26.8. The SMILES string of the molecule is O=C1CCCC1C1CCCCN1C(=O)c1cccnc1. The van der Waals surface area contributed by atoms with Crippen LogP contribution in [0, 0.1) is 5.92 Å². The van der Waals surface area contributed by atoms with Gasteiger partial charge in [0.15, 0.2) is 0 Å². The van der Waals surface area contributed by atoms with Crippen LogP contribution in [0.1, 0.15) is 48.9 Å². The molecule has 0 spiro atoms. The number of nitrogens with zero attached hydrogens (tertiary/aromatic N) is 2. The number of hydrogen-bond donors (Lipinski definition) is 0. The van der Waals surface area contributed by atoms with Crippen molar-refractivity contribution in [3.05, 3.63) is 30.1 Å². The summed E-state index contributed by atoms with van der Waals surface area (Å²) in [6, 6.07) is 3.69. The molecule has 3 rings (SSSR count). The lowest BCUT2D eigenvalue weighted by Gasteiger charge is -2.38. The Kier molecular flexibility index (Phi) is 3.81. The van der Waals surface area contributed by atoms with E-state index in [1.807, 2.05) is 4.90 Å². The van der Waals surface area contributed by atoms with Crippen LogP contribution in [0.5, 0.6) is 0 Å². The van der Waals surface area contributed by atoms with Crippen molar-refractivity contribution in [2.75, 3.05) is 6.54 Å². The molecule has 2 fully saturated rings. The molecule has 0 radical (unpaired) electrons. The minimum Gasteiger partial charge on any atom is -0.335 e. The number of hydrogen-bond acceptors (Lipinski definition) is 3. The first-order chi connectivity index (χ1) is 9.77. The third kappa shape index (κ3) is 2.47. The molecule has 1 aliphatic heterocycles. The van der Waals surface area contributed by atoms with Crippen LogP contribution < -0.4 is 0 Å². The number of Topliss-reactive ketones (excluding diaryl/α,β-unsaturated/α-hetero) is 1. The molecule has 0 aromatic carbocycles. The standard InChI is InChI=1S/C16H20N2O2/c19-15-8-3-6-13(15)14-7-1-2-10-18(14)16(20)12-5-4-9-17-11-12/h4-5,9,11,13-14H,1-3,6-8,10H2. The minimum atomic E-state index is 0.0301. The number of ketones is 1. The highest BCUT2D eigenvalue weighted by molar-refractivity contribution is 5.95. The number of aromatic nitrogens is 1. The Balaban J connectivity index is 1.82. The highest BCUT2D eigenvalue weighted by Gasteiger charge is 2.38. The van der Waals surface area contributed by atoms with Gasteiger partial charge in [-0.15, -0.1) is 0 Å². The van der Waals surface area contributed by atoms with Crippen LogP contribution in [0.25, 0.3) is 0 Å². The Morgan fingerprint density at radius 3 is 2.85 bits per heavy atom. The Hall–Kier alpha value is -1.71. The van der Waals surface area contributed by atoms with E-state index in [0.29, 0.717) is 17.8 Å². The first-order valence-electron chi connectivity index (χ1n) is 7.51. The molecular formula is C16H20N2O2. The average Bonchev–Trinajstić information content (AvgIpc) is 2.93. The highest BCUT2D eigenvalue weighted by atomic mass is 16.2. The molecule has 2 heterocycles. The van der Waals surface area contributed by atoms with Crippen molar-refractivity contribution < 1.29 is 9.59 Å². The summed E-state index contributed by atoms with van der Waals surface area (Å²) in [5.74, 6) is 0.444. The molecule has 1 aliphatic carbocycles. The quantitative estimate of drug-likeness (QED) is 0.831. The molecule has 106 valence electrons. The fourth-order valence-corrected chi connectivity index (χ4v) is 3.53. The molecule has 2 aliphatic rings. The first-order valence-corrected chi connectivity index (χ1v) is 7.51. The summed E-state index contributed by atoms with van der Waals surface area (Å²) in [4.78, 5) is 30.6. The van der Waals surface area contributed by atoms with Crippen LogP contribution in [-0.4, -0.2) is 34.2 Å². The van der Waals surface area contributed by atoms with Crippen LogP contribution in [-0.2, 0) is 4.79 Å². The summed E-state index contributed by atoms with van der Waals surface area (Å²) in [5, 5.41) is 0. The Labute approximate surface area is 119 Å². The van der Waals surface area contributed by atoms with Crippen LogP contribution in [0.15, 0.2) is 24.5 Å². The topological polar surface area (TPSA) is 50.3 Å². The van der Waals surface area contributed by atoms with Crippen molar-refractivity contribution in [1.82, 2.24) is 9.88 Å². The average molecular weight is 272 g/mol. The Bertz CT molecular complexity index is 500. The second kappa shape index (κ2) is 5.73. The second-order valence-corrected chi connectivity index (χ2v) is 5.77.